The summed E-state index contributed by atoms with van der Waals surface area (Å²) >= 11 is 0. The van der Waals surface area contributed by atoms with Crippen molar-refractivity contribution in [1.29, 1.82) is 0 Å². The molecule has 0 saturated carbocycles. The maximum absolute atomic E-state index is 13.2. The maximum Gasteiger partial charge on any atom is 0.327 e. The molecular weight excluding hydrogens is 313 g/mol. The smallest absolute Gasteiger partial charge is 0.327 e. The highest BCUT2D eigenvalue weighted by Gasteiger charge is 2.34. The van der Waals surface area contributed by atoms with Gasteiger partial charge in [0, 0.05) is 6.54 Å². The van der Waals surface area contributed by atoms with E-state index in [4.69, 9.17) is 9.26 Å². The van der Waals surface area contributed by atoms with Gasteiger partial charge in [-0.2, -0.15) is 4.98 Å². The summed E-state index contributed by atoms with van der Waals surface area (Å²) in [6.45, 7) is 3.14. The third kappa shape index (κ3) is 3.46. The quantitative estimate of drug-likeness (QED) is 0.801. The number of nitrogens with zero attached hydrogens (tertiary/aromatic N) is 3. The first-order valence-electron chi connectivity index (χ1n) is 7.96. The van der Waals surface area contributed by atoms with Gasteiger partial charge in [0.2, 0.25) is 5.89 Å². The van der Waals surface area contributed by atoms with E-state index in [1.165, 1.54) is 19.2 Å². The van der Waals surface area contributed by atoms with Crippen LogP contribution in [0.5, 0.6) is 0 Å². The first-order valence-corrected chi connectivity index (χ1v) is 7.96. The number of benzene rings is 1. The Labute approximate surface area is 139 Å². The molecule has 7 heteroatoms. The lowest BCUT2D eigenvalue weighted by atomic mass is 9.94. The number of methoxy groups -OCH3 is 1. The lowest BCUT2D eigenvalue weighted by molar-refractivity contribution is -0.148. The van der Waals surface area contributed by atoms with Gasteiger partial charge >= 0.3 is 5.97 Å². The zero-order valence-electron chi connectivity index (χ0n) is 13.7. The Kier molecular flexibility index (Phi) is 4.89. The van der Waals surface area contributed by atoms with Crippen molar-refractivity contribution in [2.24, 2.45) is 0 Å². The Morgan fingerprint density at radius 2 is 2.17 bits per heavy atom. The molecule has 1 aliphatic rings. The minimum absolute atomic E-state index is 0.0764. The van der Waals surface area contributed by atoms with Crippen LogP contribution in [-0.4, -0.2) is 41.2 Å². The summed E-state index contributed by atoms with van der Waals surface area (Å²) in [6.07, 6.45) is 1.83. The van der Waals surface area contributed by atoms with Crippen molar-refractivity contribution in [3.05, 3.63) is 47.4 Å². The van der Waals surface area contributed by atoms with Gasteiger partial charge in [-0.3, -0.25) is 4.90 Å². The van der Waals surface area contributed by atoms with Crippen LogP contribution in [0.15, 0.2) is 28.8 Å². The number of hydrogen-bond acceptors (Lipinski definition) is 6. The van der Waals surface area contributed by atoms with E-state index in [9.17, 15) is 9.18 Å². The van der Waals surface area contributed by atoms with Crippen molar-refractivity contribution in [1.82, 2.24) is 15.0 Å². The van der Waals surface area contributed by atoms with Crippen molar-refractivity contribution in [2.45, 2.75) is 31.7 Å². The number of aryl methyl sites for hydroxylation is 1. The minimum Gasteiger partial charge on any atom is -0.468 e. The average molecular weight is 333 g/mol. The second-order valence-electron chi connectivity index (χ2n) is 5.99. The maximum atomic E-state index is 13.2. The second-order valence-corrected chi connectivity index (χ2v) is 5.99. The largest absolute Gasteiger partial charge is 0.468 e. The number of rotatable bonds is 4. The molecule has 0 N–H and O–H groups in total. The highest BCUT2D eigenvalue weighted by atomic mass is 19.1. The van der Waals surface area contributed by atoms with Gasteiger partial charge in [0.25, 0.3) is 0 Å². The summed E-state index contributed by atoms with van der Waals surface area (Å²) in [5.74, 6) is 0.585. The fourth-order valence-electron chi connectivity index (χ4n) is 3.17. The molecule has 2 aromatic rings. The predicted octanol–water partition coefficient (Wildman–Crippen LogP) is 2.61. The average Bonchev–Trinajstić information content (AvgIpc) is 3.03. The molecule has 2 atom stereocenters. The minimum atomic E-state index is -0.567. The fourth-order valence-corrected chi connectivity index (χ4v) is 3.17. The summed E-state index contributed by atoms with van der Waals surface area (Å²) < 4.78 is 23.5. The van der Waals surface area contributed by atoms with E-state index in [0.717, 1.165) is 19.4 Å². The van der Waals surface area contributed by atoms with Crippen LogP contribution in [0.1, 0.15) is 42.1 Å². The fraction of sp³-hybridized carbons (Fsp3) is 0.471. The molecule has 128 valence electrons. The van der Waals surface area contributed by atoms with Crippen molar-refractivity contribution < 1.29 is 18.4 Å². The third-order valence-corrected chi connectivity index (χ3v) is 4.32. The van der Waals surface area contributed by atoms with Crippen molar-refractivity contribution >= 4 is 5.97 Å². The van der Waals surface area contributed by atoms with Crippen LogP contribution < -0.4 is 0 Å². The first kappa shape index (κ1) is 16.6. The molecule has 0 aliphatic carbocycles. The highest BCUT2D eigenvalue weighted by Crippen LogP contribution is 2.32. The number of aromatic nitrogens is 2. The summed E-state index contributed by atoms with van der Waals surface area (Å²) in [7, 11) is 1.36. The third-order valence-electron chi connectivity index (χ3n) is 4.32. The standard InChI is InChI=1S/C17H20FN3O3/c1-11-19-16(24-20-11)13-4-3-9-21(10-13)15(17(22)23-2)12-5-7-14(18)8-6-12/h5-8,13,15H,3-4,9-10H2,1-2H3/t13-,15+/m0/s1. The predicted molar refractivity (Wildman–Crippen MR) is 83.7 cm³/mol. The molecular formula is C17H20FN3O3. The zero-order valence-corrected chi connectivity index (χ0v) is 13.7. The van der Waals surface area contributed by atoms with E-state index in [-0.39, 0.29) is 17.7 Å². The van der Waals surface area contributed by atoms with E-state index in [0.29, 0.717) is 23.8 Å². The summed E-state index contributed by atoms with van der Waals surface area (Å²) in [5.41, 5.74) is 0.714. The molecule has 1 aromatic carbocycles. The lowest BCUT2D eigenvalue weighted by Gasteiger charge is -2.35. The molecule has 0 radical (unpaired) electrons. The van der Waals surface area contributed by atoms with Crippen LogP contribution in [-0.2, 0) is 9.53 Å². The van der Waals surface area contributed by atoms with Gasteiger partial charge in [0.1, 0.15) is 11.9 Å². The summed E-state index contributed by atoms with van der Waals surface area (Å²) in [4.78, 5) is 18.7. The van der Waals surface area contributed by atoms with Crippen molar-refractivity contribution in [3.63, 3.8) is 0 Å². The molecule has 0 unspecified atom stereocenters. The van der Waals surface area contributed by atoms with Gasteiger partial charge in [-0.25, -0.2) is 9.18 Å². The Bertz CT molecular complexity index is 701. The van der Waals surface area contributed by atoms with Gasteiger partial charge in [-0.15, -0.1) is 0 Å². The topological polar surface area (TPSA) is 68.5 Å². The van der Waals surface area contributed by atoms with E-state index in [1.807, 2.05) is 4.90 Å². The second kappa shape index (κ2) is 7.09. The molecule has 1 fully saturated rings. The van der Waals surface area contributed by atoms with E-state index in [1.54, 1.807) is 19.1 Å². The molecule has 1 aromatic heterocycles. The van der Waals surface area contributed by atoms with Crippen molar-refractivity contribution in [3.8, 4) is 0 Å². The molecule has 0 bridgehead atoms. The number of esters is 1. The number of ether oxygens (including phenoxy) is 1. The number of likely N-dealkylation sites (tertiary alicyclic amines) is 1. The van der Waals surface area contributed by atoms with Crippen LogP contribution in [0.25, 0.3) is 0 Å². The van der Waals surface area contributed by atoms with Gasteiger partial charge in [-0.1, -0.05) is 17.3 Å². The van der Waals surface area contributed by atoms with Crippen LogP contribution in [0.3, 0.4) is 0 Å². The van der Waals surface area contributed by atoms with Crippen LogP contribution in [0, 0.1) is 12.7 Å². The Morgan fingerprint density at radius 1 is 1.42 bits per heavy atom. The van der Waals surface area contributed by atoms with Gasteiger partial charge in [0.15, 0.2) is 5.82 Å². The van der Waals surface area contributed by atoms with E-state index in [2.05, 4.69) is 10.1 Å². The normalized spacial score (nSPS) is 19.9. The molecule has 24 heavy (non-hydrogen) atoms. The number of hydrogen-bond donors (Lipinski definition) is 0. The zero-order chi connectivity index (χ0) is 17.1. The van der Waals surface area contributed by atoms with Gasteiger partial charge in [0.05, 0.1) is 13.0 Å². The molecule has 1 aliphatic heterocycles. The Balaban J connectivity index is 1.84. The van der Waals surface area contributed by atoms with Crippen LogP contribution >= 0.6 is 0 Å². The molecule has 0 amide bonds. The lowest BCUT2D eigenvalue weighted by Crippen LogP contribution is -2.41. The molecule has 1 saturated heterocycles. The molecule has 2 heterocycles. The Morgan fingerprint density at radius 3 is 2.79 bits per heavy atom. The number of carbonyl (C=O) groups excluding carboxylic acids is 1. The van der Waals surface area contributed by atoms with Gasteiger partial charge < -0.3 is 9.26 Å². The SMILES string of the molecule is COC(=O)[C@@H](c1ccc(F)cc1)N1CCC[C@H](c2nc(C)no2)C1. The van der Waals surface area contributed by atoms with E-state index < -0.39 is 6.04 Å². The number of piperidine rings is 1. The summed E-state index contributed by atoms with van der Waals surface area (Å²) in [6, 6.07) is 5.39. The molecule has 3 rings (SSSR count). The summed E-state index contributed by atoms with van der Waals surface area (Å²) in [5, 5.41) is 3.84. The number of halogens is 1. The van der Waals surface area contributed by atoms with Crippen LogP contribution in [0.4, 0.5) is 4.39 Å². The molecule has 0 spiro atoms. The van der Waals surface area contributed by atoms with Gasteiger partial charge in [-0.05, 0) is 44.0 Å². The van der Waals surface area contributed by atoms with Crippen LogP contribution in [0.2, 0.25) is 0 Å². The first-order chi connectivity index (χ1) is 11.6. The Hall–Kier alpha value is -2.28. The number of carbonyl (C=O) groups is 1. The molecule has 6 nitrogen and oxygen atoms in total. The highest BCUT2D eigenvalue weighted by molar-refractivity contribution is 5.77. The monoisotopic (exact) mass is 333 g/mol. The van der Waals surface area contributed by atoms with E-state index >= 15 is 0 Å². The van der Waals surface area contributed by atoms with Crippen molar-refractivity contribution in [2.75, 3.05) is 20.2 Å².